The van der Waals surface area contributed by atoms with Crippen LogP contribution in [0.2, 0.25) is 0 Å². The molecule has 11 heteroatoms. The second kappa shape index (κ2) is 8.44. The number of alkyl halides is 4. The van der Waals surface area contributed by atoms with Crippen molar-refractivity contribution in [2.75, 3.05) is 36.5 Å². The molecule has 166 valence electrons. The molecule has 1 aliphatic carbocycles. The molecule has 4 rings (SSSR count). The molecule has 3 unspecified atom stereocenters. The number of oxazole rings is 2. The molecule has 0 amide bonds. The molecular formula is C19H24F4N4O3. The van der Waals surface area contributed by atoms with E-state index in [-0.39, 0.29) is 52.8 Å². The Bertz CT molecular complexity index is 866. The van der Waals surface area contributed by atoms with Crippen molar-refractivity contribution in [2.45, 2.75) is 51.5 Å². The lowest BCUT2D eigenvalue weighted by molar-refractivity contribution is 0.120. The van der Waals surface area contributed by atoms with Gasteiger partial charge in [-0.3, -0.25) is 0 Å². The molecule has 0 bridgehead atoms. The number of ether oxygens (including phenoxy) is 1. The summed E-state index contributed by atoms with van der Waals surface area (Å²) in [5.41, 5.74) is -0.694. The minimum Gasteiger partial charge on any atom is -0.429 e. The number of hydrogen-bond acceptors (Lipinski definition) is 7. The summed E-state index contributed by atoms with van der Waals surface area (Å²) in [6, 6.07) is 0.258. The maximum atomic E-state index is 13.5. The first-order valence-electron chi connectivity index (χ1n) is 9.97. The number of nitrogens with one attached hydrogen (secondary N) is 1. The molecule has 2 aliphatic rings. The Morgan fingerprint density at radius 2 is 1.77 bits per heavy atom. The zero-order valence-corrected chi connectivity index (χ0v) is 16.7. The van der Waals surface area contributed by atoms with Crippen LogP contribution in [0, 0.1) is 12.8 Å². The van der Waals surface area contributed by atoms with Gasteiger partial charge in [-0.25, -0.2) is 17.6 Å². The second-order valence-electron chi connectivity index (χ2n) is 7.79. The summed E-state index contributed by atoms with van der Waals surface area (Å²) in [6.45, 7) is 5.35. The fourth-order valence-corrected chi connectivity index (χ4v) is 3.81. The first-order valence-corrected chi connectivity index (χ1v) is 9.97. The SMILES string of the molecule is Cc1oc(NC2CC2CC(C)c2oc(N3CCOCC3)nc2C(F)F)nc1C(F)F. The zero-order chi connectivity index (χ0) is 21.4. The summed E-state index contributed by atoms with van der Waals surface area (Å²) in [6.07, 6.45) is -4.06. The fraction of sp³-hybridized carbons (Fsp3) is 0.684. The van der Waals surface area contributed by atoms with E-state index in [4.69, 9.17) is 13.6 Å². The van der Waals surface area contributed by atoms with Crippen LogP contribution >= 0.6 is 0 Å². The van der Waals surface area contributed by atoms with Gasteiger partial charge in [-0.2, -0.15) is 9.97 Å². The standard InChI is InChI=1S/C19H24F4N4O3/c1-9(7-11-8-12(11)24-18-25-13(16(20)21)10(2)29-18)15-14(17(22)23)26-19(30-15)27-3-5-28-6-4-27/h9,11-12,16-17H,3-8H2,1-2H3,(H,24,25). The third-order valence-corrected chi connectivity index (χ3v) is 5.53. The van der Waals surface area contributed by atoms with Gasteiger partial charge in [0, 0.05) is 25.0 Å². The normalized spacial score (nSPS) is 22.7. The first kappa shape index (κ1) is 21.0. The van der Waals surface area contributed by atoms with Crippen LogP contribution in [0.25, 0.3) is 0 Å². The lowest BCUT2D eigenvalue weighted by Crippen LogP contribution is -2.36. The Hall–Kier alpha value is -2.30. The van der Waals surface area contributed by atoms with Crippen molar-refractivity contribution < 1.29 is 31.1 Å². The highest BCUT2D eigenvalue weighted by Crippen LogP contribution is 2.43. The van der Waals surface area contributed by atoms with Gasteiger partial charge in [0.1, 0.15) is 17.2 Å². The third-order valence-electron chi connectivity index (χ3n) is 5.53. The predicted octanol–water partition coefficient (Wildman–Crippen LogP) is 4.68. The van der Waals surface area contributed by atoms with Crippen LogP contribution in [0.5, 0.6) is 0 Å². The summed E-state index contributed by atoms with van der Waals surface area (Å²) in [7, 11) is 0. The highest BCUT2D eigenvalue weighted by molar-refractivity contribution is 5.33. The van der Waals surface area contributed by atoms with Crippen molar-refractivity contribution in [1.29, 1.82) is 0 Å². The summed E-state index contributed by atoms with van der Waals surface area (Å²) in [5, 5.41) is 3.01. The largest absolute Gasteiger partial charge is 0.429 e. The van der Waals surface area contributed by atoms with Crippen molar-refractivity contribution in [3.63, 3.8) is 0 Å². The summed E-state index contributed by atoms with van der Waals surface area (Å²) in [5.74, 6) is 0.182. The highest BCUT2D eigenvalue weighted by Gasteiger charge is 2.41. The van der Waals surface area contributed by atoms with Crippen LogP contribution in [0.15, 0.2) is 8.83 Å². The van der Waals surface area contributed by atoms with E-state index in [1.54, 1.807) is 4.90 Å². The molecule has 1 N–H and O–H groups in total. The smallest absolute Gasteiger partial charge is 0.298 e. The first-order chi connectivity index (χ1) is 14.3. The van der Waals surface area contributed by atoms with Crippen molar-refractivity contribution in [1.82, 2.24) is 9.97 Å². The topological polar surface area (TPSA) is 76.6 Å². The average Bonchev–Trinajstić information content (AvgIpc) is 3.12. The number of rotatable bonds is 8. The Kier molecular flexibility index (Phi) is 5.90. The van der Waals surface area contributed by atoms with Crippen LogP contribution in [0.3, 0.4) is 0 Å². The number of aromatic nitrogens is 2. The quantitative estimate of drug-likeness (QED) is 0.607. The van der Waals surface area contributed by atoms with E-state index in [2.05, 4.69) is 15.3 Å². The number of aryl methyl sites for hydroxylation is 1. The summed E-state index contributed by atoms with van der Waals surface area (Å²) >= 11 is 0. The van der Waals surface area contributed by atoms with Gasteiger partial charge >= 0.3 is 0 Å². The van der Waals surface area contributed by atoms with Crippen LogP contribution in [-0.2, 0) is 4.74 Å². The van der Waals surface area contributed by atoms with Crippen molar-refractivity contribution in [2.24, 2.45) is 5.92 Å². The molecule has 1 saturated heterocycles. The minimum absolute atomic E-state index is 0.00680. The van der Waals surface area contributed by atoms with Crippen molar-refractivity contribution in [3.8, 4) is 0 Å². The second-order valence-corrected chi connectivity index (χ2v) is 7.79. The van der Waals surface area contributed by atoms with E-state index >= 15 is 0 Å². The van der Waals surface area contributed by atoms with Crippen LogP contribution in [0.4, 0.5) is 29.6 Å². The lowest BCUT2D eigenvalue weighted by Gasteiger charge is -2.24. The van der Waals surface area contributed by atoms with E-state index in [1.807, 2.05) is 6.92 Å². The molecule has 0 spiro atoms. The monoisotopic (exact) mass is 432 g/mol. The van der Waals surface area contributed by atoms with Gasteiger partial charge in [0.2, 0.25) is 0 Å². The Morgan fingerprint density at radius 3 is 2.40 bits per heavy atom. The Labute approximate surface area is 170 Å². The molecule has 0 aromatic carbocycles. The Balaban J connectivity index is 1.39. The van der Waals surface area contributed by atoms with Gasteiger partial charge in [-0.15, -0.1) is 0 Å². The molecule has 3 heterocycles. The zero-order valence-electron chi connectivity index (χ0n) is 16.7. The van der Waals surface area contributed by atoms with Gasteiger partial charge < -0.3 is 23.8 Å². The van der Waals surface area contributed by atoms with Crippen molar-refractivity contribution in [3.05, 3.63) is 22.9 Å². The summed E-state index contributed by atoms with van der Waals surface area (Å²) in [4.78, 5) is 9.63. The van der Waals surface area contributed by atoms with Gasteiger partial charge in [-0.05, 0) is 25.7 Å². The molecule has 7 nitrogen and oxygen atoms in total. The number of hydrogen-bond donors (Lipinski definition) is 1. The van der Waals surface area contributed by atoms with Gasteiger partial charge in [0.25, 0.3) is 24.9 Å². The van der Waals surface area contributed by atoms with Gasteiger partial charge in [0.15, 0.2) is 5.69 Å². The van der Waals surface area contributed by atoms with Crippen LogP contribution < -0.4 is 10.2 Å². The number of halogens is 4. The van der Waals surface area contributed by atoms with Gasteiger partial charge in [-0.1, -0.05) is 6.92 Å². The fourth-order valence-electron chi connectivity index (χ4n) is 3.81. The van der Waals surface area contributed by atoms with E-state index in [0.717, 1.165) is 6.42 Å². The number of morpholine rings is 1. The average molecular weight is 432 g/mol. The van der Waals surface area contributed by atoms with Crippen LogP contribution in [0.1, 0.15) is 61.4 Å². The molecule has 2 aromatic heterocycles. The number of nitrogens with zero attached hydrogens (tertiary/aromatic N) is 3. The molecule has 2 aromatic rings. The minimum atomic E-state index is -2.72. The molecule has 3 atom stereocenters. The van der Waals surface area contributed by atoms with E-state index < -0.39 is 12.9 Å². The third kappa shape index (κ3) is 4.40. The van der Waals surface area contributed by atoms with Crippen LogP contribution in [-0.4, -0.2) is 42.3 Å². The molecular weight excluding hydrogens is 408 g/mol. The van der Waals surface area contributed by atoms with Gasteiger partial charge in [0.05, 0.1) is 13.2 Å². The van der Waals surface area contributed by atoms with E-state index in [9.17, 15) is 17.6 Å². The lowest BCUT2D eigenvalue weighted by atomic mass is 10.00. The maximum absolute atomic E-state index is 13.5. The van der Waals surface area contributed by atoms with Crippen molar-refractivity contribution >= 4 is 12.0 Å². The molecule has 1 aliphatic heterocycles. The summed E-state index contributed by atoms with van der Waals surface area (Å²) < 4.78 is 69.0. The maximum Gasteiger partial charge on any atom is 0.298 e. The number of anilines is 2. The predicted molar refractivity (Wildman–Crippen MR) is 99.2 cm³/mol. The molecule has 2 fully saturated rings. The van der Waals surface area contributed by atoms with E-state index in [0.29, 0.717) is 32.7 Å². The molecule has 30 heavy (non-hydrogen) atoms. The highest BCUT2D eigenvalue weighted by atomic mass is 19.3. The Morgan fingerprint density at radius 1 is 1.07 bits per heavy atom. The van der Waals surface area contributed by atoms with E-state index in [1.165, 1.54) is 6.92 Å². The molecule has 1 saturated carbocycles. The molecule has 0 radical (unpaired) electrons.